The van der Waals surface area contributed by atoms with Gasteiger partial charge in [0.1, 0.15) is 0 Å². The maximum absolute atomic E-state index is 3.40. The number of hydrogen-bond donors (Lipinski definition) is 1. The number of hydrogen-bond acceptors (Lipinski definition) is 1. The Bertz CT molecular complexity index is 263. The molecule has 1 nitrogen and oxygen atoms in total. The van der Waals surface area contributed by atoms with Gasteiger partial charge in [-0.15, -0.1) is 0 Å². The molecular formula is C14H23N. The Balaban J connectivity index is 1.82. The molecule has 1 heteroatoms. The standard InChI is InChI=1S/C14H23N/c1-3-5-6-7-12(4-2)13-8-14(9-13)10-15-11-14/h4,6-7,13,15H,3,5,8-11H2,1-2H3/b7-6-,12-4+. The number of nitrogens with one attached hydrogen (secondary N) is 1. The van der Waals surface area contributed by atoms with Crippen LogP contribution in [0.1, 0.15) is 39.5 Å². The lowest BCUT2D eigenvalue weighted by Gasteiger charge is -2.55. The van der Waals surface area contributed by atoms with Crippen molar-refractivity contribution in [3.63, 3.8) is 0 Å². The first-order valence-electron chi connectivity index (χ1n) is 6.33. The fourth-order valence-corrected chi connectivity index (χ4v) is 2.84. The monoisotopic (exact) mass is 205 g/mol. The summed E-state index contributed by atoms with van der Waals surface area (Å²) in [6, 6.07) is 0. The summed E-state index contributed by atoms with van der Waals surface area (Å²) in [7, 11) is 0. The van der Waals surface area contributed by atoms with Crippen LogP contribution < -0.4 is 5.32 Å². The molecule has 0 aromatic heterocycles. The minimum absolute atomic E-state index is 0.706. The van der Waals surface area contributed by atoms with Gasteiger partial charge >= 0.3 is 0 Å². The minimum atomic E-state index is 0.706. The first kappa shape index (κ1) is 10.9. The zero-order valence-electron chi connectivity index (χ0n) is 10.1. The highest BCUT2D eigenvalue weighted by molar-refractivity contribution is 5.26. The van der Waals surface area contributed by atoms with E-state index in [1.165, 1.54) is 38.8 Å². The molecule has 0 atom stereocenters. The van der Waals surface area contributed by atoms with E-state index in [1.54, 1.807) is 5.57 Å². The highest BCUT2D eigenvalue weighted by Gasteiger charge is 2.48. The van der Waals surface area contributed by atoms with Crippen molar-refractivity contribution in [2.24, 2.45) is 11.3 Å². The van der Waals surface area contributed by atoms with Crippen molar-refractivity contribution < 1.29 is 0 Å². The van der Waals surface area contributed by atoms with Crippen LogP contribution in [0.15, 0.2) is 23.8 Å². The van der Waals surface area contributed by atoms with Crippen molar-refractivity contribution in [2.45, 2.75) is 39.5 Å². The summed E-state index contributed by atoms with van der Waals surface area (Å²) in [5, 5.41) is 3.40. The average molecular weight is 205 g/mol. The normalized spacial score (nSPS) is 25.6. The topological polar surface area (TPSA) is 12.0 Å². The lowest BCUT2D eigenvalue weighted by molar-refractivity contribution is 0.0187. The van der Waals surface area contributed by atoms with E-state index in [0.29, 0.717) is 5.41 Å². The second kappa shape index (κ2) is 4.52. The van der Waals surface area contributed by atoms with Crippen LogP contribution in [0.25, 0.3) is 0 Å². The predicted molar refractivity (Wildman–Crippen MR) is 65.8 cm³/mol. The quantitative estimate of drug-likeness (QED) is 0.694. The van der Waals surface area contributed by atoms with Crippen molar-refractivity contribution in [3.05, 3.63) is 23.8 Å². The minimum Gasteiger partial charge on any atom is -0.316 e. The SMILES string of the molecule is C/C=C(\C=C/CCC)C1CC2(CNC2)C1. The molecule has 1 aliphatic carbocycles. The van der Waals surface area contributed by atoms with Crippen LogP contribution in [0, 0.1) is 11.3 Å². The van der Waals surface area contributed by atoms with Crippen LogP contribution in [0.3, 0.4) is 0 Å². The summed E-state index contributed by atoms with van der Waals surface area (Å²) in [5.74, 6) is 0.852. The van der Waals surface area contributed by atoms with E-state index >= 15 is 0 Å². The zero-order chi connectivity index (χ0) is 10.7. The predicted octanol–water partition coefficient (Wildman–Crippen LogP) is 3.29. The lowest BCUT2D eigenvalue weighted by Crippen LogP contribution is -2.60. The number of rotatable bonds is 4. The van der Waals surface area contributed by atoms with Crippen LogP contribution >= 0.6 is 0 Å². The van der Waals surface area contributed by atoms with Crippen molar-refractivity contribution in [1.82, 2.24) is 5.32 Å². The summed E-state index contributed by atoms with van der Waals surface area (Å²) >= 11 is 0. The third kappa shape index (κ3) is 2.17. The average Bonchev–Trinajstić information content (AvgIpc) is 2.11. The van der Waals surface area contributed by atoms with Gasteiger partial charge < -0.3 is 5.32 Å². The summed E-state index contributed by atoms with van der Waals surface area (Å²) in [6.07, 6.45) is 12.3. The van der Waals surface area contributed by atoms with E-state index in [4.69, 9.17) is 0 Å². The van der Waals surface area contributed by atoms with Gasteiger partial charge in [-0.1, -0.05) is 31.6 Å². The fraction of sp³-hybridized carbons (Fsp3) is 0.714. The Kier molecular flexibility index (Phi) is 3.30. The zero-order valence-corrected chi connectivity index (χ0v) is 10.1. The van der Waals surface area contributed by atoms with Crippen LogP contribution in [-0.4, -0.2) is 13.1 Å². The molecule has 2 aliphatic rings. The fourth-order valence-electron chi connectivity index (χ4n) is 2.84. The van der Waals surface area contributed by atoms with Gasteiger partial charge in [-0.2, -0.15) is 0 Å². The van der Waals surface area contributed by atoms with Gasteiger partial charge in [0, 0.05) is 13.1 Å². The third-order valence-electron chi connectivity index (χ3n) is 3.93. The van der Waals surface area contributed by atoms with Gasteiger partial charge in [0.2, 0.25) is 0 Å². The van der Waals surface area contributed by atoms with Crippen molar-refractivity contribution >= 4 is 0 Å². The molecule has 0 amide bonds. The maximum atomic E-state index is 3.40. The molecule has 0 unspecified atom stereocenters. The van der Waals surface area contributed by atoms with Gasteiger partial charge in [-0.05, 0) is 43.1 Å². The van der Waals surface area contributed by atoms with Gasteiger partial charge in [-0.25, -0.2) is 0 Å². The molecule has 1 spiro atoms. The van der Waals surface area contributed by atoms with Crippen LogP contribution in [0.5, 0.6) is 0 Å². The van der Waals surface area contributed by atoms with Crippen molar-refractivity contribution in [3.8, 4) is 0 Å². The molecule has 0 aromatic carbocycles. The maximum Gasteiger partial charge on any atom is 0.00207 e. The summed E-state index contributed by atoms with van der Waals surface area (Å²) in [5.41, 5.74) is 2.28. The molecule has 84 valence electrons. The first-order chi connectivity index (χ1) is 7.29. The van der Waals surface area contributed by atoms with E-state index in [-0.39, 0.29) is 0 Å². The first-order valence-corrected chi connectivity index (χ1v) is 6.33. The molecule has 0 aromatic rings. The van der Waals surface area contributed by atoms with E-state index in [1.807, 2.05) is 0 Å². The van der Waals surface area contributed by atoms with E-state index in [9.17, 15) is 0 Å². The molecule has 2 fully saturated rings. The highest BCUT2D eigenvalue weighted by atomic mass is 15.0. The molecule has 1 N–H and O–H groups in total. The Morgan fingerprint density at radius 1 is 1.40 bits per heavy atom. The summed E-state index contributed by atoms with van der Waals surface area (Å²) in [4.78, 5) is 0. The van der Waals surface area contributed by atoms with Crippen LogP contribution in [0.4, 0.5) is 0 Å². The molecule has 15 heavy (non-hydrogen) atoms. The third-order valence-corrected chi connectivity index (χ3v) is 3.93. The highest BCUT2D eigenvalue weighted by Crippen LogP contribution is 2.51. The van der Waals surface area contributed by atoms with Gasteiger partial charge in [0.15, 0.2) is 0 Å². The number of unbranched alkanes of at least 4 members (excludes halogenated alkanes) is 1. The Hall–Kier alpha value is -0.560. The second-order valence-corrected chi connectivity index (χ2v) is 5.19. The van der Waals surface area contributed by atoms with Gasteiger partial charge in [0.25, 0.3) is 0 Å². The second-order valence-electron chi connectivity index (χ2n) is 5.19. The Labute approximate surface area is 93.6 Å². The molecule has 1 aliphatic heterocycles. The van der Waals surface area contributed by atoms with Crippen molar-refractivity contribution in [1.29, 1.82) is 0 Å². The van der Waals surface area contributed by atoms with Gasteiger partial charge in [0.05, 0.1) is 0 Å². The Morgan fingerprint density at radius 3 is 2.60 bits per heavy atom. The molecule has 0 radical (unpaired) electrons. The summed E-state index contributed by atoms with van der Waals surface area (Å²) < 4.78 is 0. The van der Waals surface area contributed by atoms with Gasteiger partial charge in [-0.3, -0.25) is 0 Å². The smallest absolute Gasteiger partial charge is 0.00207 e. The Morgan fingerprint density at radius 2 is 2.13 bits per heavy atom. The lowest BCUT2D eigenvalue weighted by atomic mass is 9.56. The molecule has 2 rings (SSSR count). The number of allylic oxidation sites excluding steroid dienone is 4. The van der Waals surface area contributed by atoms with E-state index in [2.05, 4.69) is 37.4 Å². The largest absolute Gasteiger partial charge is 0.316 e. The van der Waals surface area contributed by atoms with Crippen LogP contribution in [0.2, 0.25) is 0 Å². The molecule has 1 saturated carbocycles. The van der Waals surface area contributed by atoms with E-state index < -0.39 is 0 Å². The van der Waals surface area contributed by atoms with Crippen LogP contribution in [-0.2, 0) is 0 Å². The molecular weight excluding hydrogens is 182 g/mol. The molecule has 1 saturated heterocycles. The molecule has 1 heterocycles. The van der Waals surface area contributed by atoms with E-state index in [0.717, 1.165) is 5.92 Å². The summed E-state index contributed by atoms with van der Waals surface area (Å²) in [6.45, 7) is 6.94. The molecule has 0 bridgehead atoms. The van der Waals surface area contributed by atoms with Crippen molar-refractivity contribution in [2.75, 3.05) is 13.1 Å².